The summed E-state index contributed by atoms with van der Waals surface area (Å²) < 4.78 is 2.02. The highest BCUT2D eigenvalue weighted by atomic mass is 15.3. The maximum Gasteiger partial charge on any atom is 0.0649 e. The monoisotopic (exact) mass is 319 g/mol. The summed E-state index contributed by atoms with van der Waals surface area (Å²) in [5.41, 5.74) is 11.9. The van der Waals surface area contributed by atoms with Crippen molar-refractivity contribution in [2.45, 2.75) is 32.6 Å². The van der Waals surface area contributed by atoms with Crippen molar-refractivity contribution >= 4 is 0 Å². The van der Waals surface area contributed by atoms with Crippen molar-refractivity contribution in [3.05, 3.63) is 83.2 Å². The molecular formula is C21H25N3. The molecular weight excluding hydrogens is 294 g/mol. The molecule has 3 heteroatoms. The zero-order valence-corrected chi connectivity index (χ0v) is 14.6. The van der Waals surface area contributed by atoms with E-state index >= 15 is 0 Å². The zero-order chi connectivity index (χ0) is 17.1. The molecule has 0 aliphatic rings. The van der Waals surface area contributed by atoms with Crippen LogP contribution in [0.1, 0.15) is 48.2 Å². The molecule has 0 saturated heterocycles. The first-order valence-electron chi connectivity index (χ1n) is 8.52. The van der Waals surface area contributed by atoms with Crippen LogP contribution in [0, 0.1) is 6.92 Å². The second-order valence-electron chi connectivity index (χ2n) is 6.57. The molecule has 0 fully saturated rings. The first-order chi connectivity index (χ1) is 11.6. The van der Waals surface area contributed by atoms with Crippen molar-refractivity contribution in [1.29, 1.82) is 0 Å². The van der Waals surface area contributed by atoms with Gasteiger partial charge in [-0.05, 0) is 42.2 Å². The quantitative estimate of drug-likeness (QED) is 0.757. The number of benzene rings is 2. The van der Waals surface area contributed by atoms with Crippen LogP contribution < -0.4 is 5.73 Å². The van der Waals surface area contributed by atoms with Crippen molar-refractivity contribution in [2.24, 2.45) is 5.73 Å². The molecule has 0 aliphatic heterocycles. The predicted molar refractivity (Wildman–Crippen MR) is 99.7 cm³/mol. The van der Waals surface area contributed by atoms with Gasteiger partial charge in [-0.2, -0.15) is 5.10 Å². The van der Waals surface area contributed by atoms with E-state index in [2.05, 4.69) is 61.4 Å². The smallest absolute Gasteiger partial charge is 0.0649 e. The maximum atomic E-state index is 6.15. The highest BCUT2D eigenvalue weighted by molar-refractivity contribution is 5.39. The molecule has 1 aromatic heterocycles. The van der Waals surface area contributed by atoms with E-state index in [0.717, 1.165) is 17.1 Å². The third kappa shape index (κ3) is 3.26. The van der Waals surface area contributed by atoms with Gasteiger partial charge in [0.2, 0.25) is 0 Å². The van der Waals surface area contributed by atoms with Crippen molar-refractivity contribution in [3.8, 4) is 5.69 Å². The Hall–Kier alpha value is -2.39. The lowest BCUT2D eigenvalue weighted by molar-refractivity contribution is 0.717. The Balaban J connectivity index is 2.03. The molecule has 1 heterocycles. The van der Waals surface area contributed by atoms with Gasteiger partial charge in [-0.1, -0.05) is 56.3 Å². The van der Waals surface area contributed by atoms with Crippen molar-refractivity contribution in [2.75, 3.05) is 6.54 Å². The van der Waals surface area contributed by atoms with Crippen LogP contribution in [0.3, 0.4) is 0 Å². The second kappa shape index (κ2) is 7.02. The molecule has 3 nitrogen and oxygen atoms in total. The normalized spacial score (nSPS) is 12.5. The molecule has 0 aliphatic carbocycles. The molecule has 124 valence electrons. The van der Waals surface area contributed by atoms with Crippen LogP contribution in [0.25, 0.3) is 5.69 Å². The minimum atomic E-state index is 0.132. The summed E-state index contributed by atoms with van der Waals surface area (Å²) in [5.74, 6) is 0.667. The summed E-state index contributed by atoms with van der Waals surface area (Å²) in [7, 11) is 0. The Labute approximate surface area is 144 Å². The van der Waals surface area contributed by atoms with E-state index < -0.39 is 0 Å². The predicted octanol–water partition coefficient (Wildman–Crippen LogP) is 4.39. The third-order valence-corrected chi connectivity index (χ3v) is 4.46. The Morgan fingerprint density at radius 2 is 1.58 bits per heavy atom. The standard InChI is InChI=1S/C21H25N3/c1-15(2)17-9-11-18(12-10-17)20(14-22)21-13-16(3)23-24(21)19-7-5-4-6-8-19/h4-13,15,20H,14,22H2,1-3H3. The SMILES string of the molecule is Cc1cc(C(CN)c2ccc(C(C)C)cc2)n(-c2ccccc2)n1. The number of para-hydroxylation sites is 1. The van der Waals surface area contributed by atoms with Gasteiger partial charge in [-0.3, -0.25) is 0 Å². The van der Waals surface area contributed by atoms with E-state index in [-0.39, 0.29) is 5.92 Å². The Morgan fingerprint density at radius 1 is 0.958 bits per heavy atom. The summed E-state index contributed by atoms with van der Waals surface area (Å²) in [4.78, 5) is 0. The van der Waals surface area contributed by atoms with Gasteiger partial charge in [0.05, 0.1) is 17.1 Å². The van der Waals surface area contributed by atoms with Gasteiger partial charge >= 0.3 is 0 Å². The molecule has 0 bridgehead atoms. The van der Waals surface area contributed by atoms with Gasteiger partial charge in [-0.25, -0.2) is 4.68 Å². The molecule has 3 aromatic rings. The van der Waals surface area contributed by atoms with E-state index in [1.807, 2.05) is 29.8 Å². The Kier molecular flexibility index (Phi) is 4.81. The molecule has 0 spiro atoms. The van der Waals surface area contributed by atoms with Gasteiger partial charge in [0.15, 0.2) is 0 Å². The number of rotatable bonds is 5. The first kappa shape index (κ1) is 16.5. The van der Waals surface area contributed by atoms with Crippen LogP contribution in [0.4, 0.5) is 0 Å². The van der Waals surface area contributed by atoms with E-state index in [0.29, 0.717) is 12.5 Å². The summed E-state index contributed by atoms with van der Waals surface area (Å²) in [6, 6.07) is 21.2. The van der Waals surface area contributed by atoms with Crippen LogP contribution in [0.15, 0.2) is 60.7 Å². The number of hydrogen-bond donors (Lipinski definition) is 1. The molecule has 0 saturated carbocycles. The van der Waals surface area contributed by atoms with Gasteiger partial charge in [0, 0.05) is 12.5 Å². The van der Waals surface area contributed by atoms with E-state index in [1.54, 1.807) is 0 Å². The summed E-state index contributed by atoms with van der Waals surface area (Å²) >= 11 is 0. The topological polar surface area (TPSA) is 43.8 Å². The minimum Gasteiger partial charge on any atom is -0.329 e. The van der Waals surface area contributed by atoms with Crippen molar-refractivity contribution in [3.63, 3.8) is 0 Å². The fraction of sp³-hybridized carbons (Fsp3) is 0.286. The van der Waals surface area contributed by atoms with Gasteiger partial charge < -0.3 is 5.73 Å². The fourth-order valence-corrected chi connectivity index (χ4v) is 3.08. The number of aromatic nitrogens is 2. The number of nitrogens with two attached hydrogens (primary N) is 1. The zero-order valence-electron chi connectivity index (χ0n) is 14.6. The average molecular weight is 319 g/mol. The van der Waals surface area contributed by atoms with E-state index in [4.69, 9.17) is 5.73 Å². The maximum absolute atomic E-state index is 6.15. The molecule has 2 aromatic carbocycles. The number of aryl methyl sites for hydroxylation is 1. The summed E-state index contributed by atoms with van der Waals surface area (Å²) in [5, 5.41) is 4.68. The van der Waals surface area contributed by atoms with Gasteiger partial charge in [0.25, 0.3) is 0 Å². The average Bonchev–Trinajstić information content (AvgIpc) is 2.98. The number of nitrogens with zero attached hydrogens (tertiary/aromatic N) is 2. The fourth-order valence-electron chi connectivity index (χ4n) is 3.08. The highest BCUT2D eigenvalue weighted by Gasteiger charge is 2.19. The van der Waals surface area contributed by atoms with E-state index in [1.165, 1.54) is 11.1 Å². The Bertz CT molecular complexity index is 786. The molecule has 0 amide bonds. The van der Waals surface area contributed by atoms with Crippen LogP contribution in [-0.4, -0.2) is 16.3 Å². The third-order valence-electron chi connectivity index (χ3n) is 4.46. The lowest BCUT2D eigenvalue weighted by Gasteiger charge is -2.18. The second-order valence-corrected chi connectivity index (χ2v) is 6.57. The molecule has 24 heavy (non-hydrogen) atoms. The van der Waals surface area contributed by atoms with Crippen LogP contribution in [0.5, 0.6) is 0 Å². The molecule has 2 N–H and O–H groups in total. The van der Waals surface area contributed by atoms with Crippen molar-refractivity contribution in [1.82, 2.24) is 9.78 Å². The lowest BCUT2D eigenvalue weighted by atomic mass is 9.92. The van der Waals surface area contributed by atoms with Crippen LogP contribution in [0.2, 0.25) is 0 Å². The Morgan fingerprint density at radius 3 is 2.17 bits per heavy atom. The van der Waals surface area contributed by atoms with Crippen molar-refractivity contribution < 1.29 is 0 Å². The summed E-state index contributed by atoms with van der Waals surface area (Å²) in [6.07, 6.45) is 0. The largest absolute Gasteiger partial charge is 0.329 e. The molecule has 1 atom stereocenters. The van der Waals surface area contributed by atoms with Crippen LogP contribution >= 0.6 is 0 Å². The molecule has 0 radical (unpaired) electrons. The lowest BCUT2D eigenvalue weighted by Crippen LogP contribution is -2.17. The molecule has 1 unspecified atom stereocenters. The van der Waals surface area contributed by atoms with E-state index in [9.17, 15) is 0 Å². The van der Waals surface area contributed by atoms with Crippen LogP contribution in [-0.2, 0) is 0 Å². The first-order valence-corrected chi connectivity index (χ1v) is 8.52. The van der Waals surface area contributed by atoms with Gasteiger partial charge in [0.1, 0.15) is 0 Å². The van der Waals surface area contributed by atoms with Gasteiger partial charge in [-0.15, -0.1) is 0 Å². The minimum absolute atomic E-state index is 0.132. The highest BCUT2D eigenvalue weighted by Crippen LogP contribution is 2.28. The molecule has 3 rings (SSSR count). The summed E-state index contributed by atoms with van der Waals surface area (Å²) in [6.45, 7) is 7.00. The number of hydrogen-bond acceptors (Lipinski definition) is 2.